The van der Waals surface area contributed by atoms with E-state index in [1.807, 2.05) is 0 Å². The van der Waals surface area contributed by atoms with Gasteiger partial charge < -0.3 is 14.9 Å². The molecule has 0 aromatic heterocycles. The zero-order valence-corrected chi connectivity index (χ0v) is 21.5. The van der Waals surface area contributed by atoms with E-state index in [4.69, 9.17) is 0 Å². The summed E-state index contributed by atoms with van der Waals surface area (Å²) in [5.74, 6) is 1.95. The quantitative estimate of drug-likeness (QED) is 0.652. The zero-order valence-electron chi connectivity index (χ0n) is 21.5. The Morgan fingerprint density at radius 2 is 1.68 bits per heavy atom. The minimum atomic E-state index is -0.0382. The first kappa shape index (κ1) is 23.5. The Morgan fingerprint density at radius 1 is 1.00 bits per heavy atom. The van der Waals surface area contributed by atoms with Crippen LogP contribution in [0.15, 0.2) is 23.3 Å². The molecule has 8 unspecified atom stereocenters. The summed E-state index contributed by atoms with van der Waals surface area (Å²) in [6.07, 6.45) is 14.1. The van der Waals surface area contributed by atoms with Gasteiger partial charge in [-0.1, -0.05) is 38.5 Å². The van der Waals surface area contributed by atoms with Crippen molar-refractivity contribution in [2.24, 2.45) is 34.0 Å². The Balaban J connectivity index is 1.68. The van der Waals surface area contributed by atoms with Crippen LogP contribution in [0.1, 0.15) is 72.6 Å². The van der Waals surface area contributed by atoms with E-state index in [0.717, 1.165) is 5.92 Å². The first-order chi connectivity index (χ1) is 14.5. The Bertz CT molecular complexity index is 754. The van der Waals surface area contributed by atoms with E-state index in [2.05, 4.69) is 77.8 Å². The molecule has 0 radical (unpaired) electrons. The molecule has 0 heterocycles. The Hall–Kier alpha value is -0.640. The van der Waals surface area contributed by atoms with Crippen molar-refractivity contribution in [2.45, 2.75) is 84.7 Å². The molecular weight excluding hydrogens is 380 g/mol. The third kappa shape index (κ3) is 3.32. The molecule has 2 saturated carbocycles. The van der Waals surface area contributed by atoms with Crippen molar-refractivity contribution in [3.8, 4) is 0 Å². The molecule has 0 aromatic carbocycles. The van der Waals surface area contributed by atoms with Crippen molar-refractivity contribution in [1.29, 1.82) is 0 Å². The monoisotopic (exact) mass is 428 g/mol. The van der Waals surface area contributed by atoms with Gasteiger partial charge in [0.05, 0.1) is 6.61 Å². The topological polar surface area (TPSA) is 26.7 Å². The highest BCUT2D eigenvalue weighted by Gasteiger charge is 2.61. The average Bonchev–Trinajstić information content (AvgIpc) is 2.86. The van der Waals surface area contributed by atoms with E-state index in [1.165, 1.54) is 44.9 Å². The number of aliphatic hydroxyl groups excluding tert-OH is 1. The van der Waals surface area contributed by atoms with Gasteiger partial charge in [0.2, 0.25) is 0 Å². The van der Waals surface area contributed by atoms with E-state index in [-0.39, 0.29) is 5.41 Å². The van der Waals surface area contributed by atoms with Crippen LogP contribution in [-0.4, -0.2) is 61.8 Å². The fraction of sp³-hybridized carbons (Fsp3) is 0.857. The molecule has 0 spiro atoms. The van der Waals surface area contributed by atoms with Crippen LogP contribution in [0.4, 0.5) is 0 Å². The average molecular weight is 429 g/mol. The number of nitrogens with zero attached hydrogens (tertiary/aromatic N) is 2. The standard InChI is InChI=1S/C28H48N2O/c1-19(29(5)6)22-14-16-28(4)24-11-10-23-20(17-21(24)13-15-27(22,28)3)9-12-25(30(7)8)26(23,2)18-31/h13,17,19,22-25,31H,9-12,14-16,18H2,1-8H3. The number of hydrogen-bond acceptors (Lipinski definition) is 3. The summed E-state index contributed by atoms with van der Waals surface area (Å²) in [7, 11) is 8.91. The molecule has 8 atom stereocenters. The summed E-state index contributed by atoms with van der Waals surface area (Å²) in [4.78, 5) is 4.81. The van der Waals surface area contributed by atoms with Crippen LogP contribution in [0.2, 0.25) is 0 Å². The van der Waals surface area contributed by atoms with Crippen LogP contribution in [0.25, 0.3) is 0 Å². The maximum Gasteiger partial charge on any atom is 0.0505 e. The number of allylic oxidation sites excluding steroid dienone is 4. The van der Waals surface area contributed by atoms with E-state index < -0.39 is 0 Å². The highest BCUT2D eigenvalue weighted by atomic mass is 16.3. The predicted octanol–water partition coefficient (Wildman–Crippen LogP) is 5.36. The van der Waals surface area contributed by atoms with Gasteiger partial charge in [0.25, 0.3) is 0 Å². The second-order valence-electron chi connectivity index (χ2n) is 12.7. The number of rotatable bonds is 4. The Kier molecular flexibility index (Phi) is 6.06. The van der Waals surface area contributed by atoms with Crippen molar-refractivity contribution in [3.63, 3.8) is 0 Å². The molecule has 0 aromatic rings. The van der Waals surface area contributed by atoms with Gasteiger partial charge in [0.1, 0.15) is 0 Å². The molecule has 1 N–H and O–H groups in total. The Labute approximate surface area is 192 Å². The van der Waals surface area contributed by atoms with E-state index in [1.54, 1.807) is 11.1 Å². The third-order valence-electron chi connectivity index (χ3n) is 11.2. The fourth-order valence-electron chi connectivity index (χ4n) is 8.82. The molecule has 0 bridgehead atoms. The van der Waals surface area contributed by atoms with Gasteiger partial charge in [0, 0.05) is 17.5 Å². The summed E-state index contributed by atoms with van der Waals surface area (Å²) in [5.41, 5.74) is 3.99. The summed E-state index contributed by atoms with van der Waals surface area (Å²) in [5, 5.41) is 10.6. The fourth-order valence-corrected chi connectivity index (χ4v) is 8.82. The zero-order chi connectivity index (χ0) is 22.8. The summed E-state index contributed by atoms with van der Waals surface area (Å²) in [6.45, 7) is 10.3. The van der Waals surface area contributed by atoms with E-state index in [9.17, 15) is 5.11 Å². The van der Waals surface area contributed by atoms with Crippen LogP contribution < -0.4 is 0 Å². The van der Waals surface area contributed by atoms with Crippen LogP contribution in [0.3, 0.4) is 0 Å². The smallest absolute Gasteiger partial charge is 0.0505 e. The number of hydrogen-bond donors (Lipinski definition) is 1. The van der Waals surface area contributed by atoms with E-state index in [0.29, 0.717) is 41.4 Å². The van der Waals surface area contributed by atoms with Gasteiger partial charge in [-0.2, -0.15) is 0 Å². The van der Waals surface area contributed by atoms with Gasteiger partial charge in [0.15, 0.2) is 0 Å². The molecule has 176 valence electrons. The molecule has 2 fully saturated rings. The van der Waals surface area contributed by atoms with Gasteiger partial charge in [-0.3, -0.25) is 0 Å². The largest absolute Gasteiger partial charge is 0.396 e. The number of fused-ring (bicyclic) bond motifs is 4. The van der Waals surface area contributed by atoms with Gasteiger partial charge in [-0.25, -0.2) is 0 Å². The molecule has 0 amide bonds. The van der Waals surface area contributed by atoms with Crippen LogP contribution in [0, 0.1) is 34.0 Å². The lowest BCUT2D eigenvalue weighted by atomic mass is 9.51. The lowest BCUT2D eigenvalue weighted by Gasteiger charge is -2.54. The second kappa shape index (κ2) is 7.99. The molecular formula is C28H48N2O. The molecule has 0 saturated heterocycles. The number of aliphatic hydroxyl groups is 1. The van der Waals surface area contributed by atoms with Gasteiger partial charge >= 0.3 is 0 Å². The predicted molar refractivity (Wildman–Crippen MR) is 131 cm³/mol. The maximum atomic E-state index is 10.6. The highest BCUT2D eigenvalue weighted by Crippen LogP contribution is 2.68. The minimum Gasteiger partial charge on any atom is -0.396 e. The van der Waals surface area contributed by atoms with Crippen LogP contribution >= 0.6 is 0 Å². The van der Waals surface area contributed by atoms with Crippen molar-refractivity contribution in [1.82, 2.24) is 9.80 Å². The highest BCUT2D eigenvalue weighted by molar-refractivity contribution is 5.37. The SMILES string of the molecule is CC(C1CCC2(C)C3CCC4C(=CC3=CCC12C)CCC(N(C)C)C4(C)CO)N(C)C. The first-order valence-corrected chi connectivity index (χ1v) is 12.8. The molecule has 4 aliphatic carbocycles. The second-order valence-corrected chi connectivity index (χ2v) is 12.7. The molecule has 31 heavy (non-hydrogen) atoms. The van der Waals surface area contributed by atoms with Crippen LogP contribution in [0.5, 0.6) is 0 Å². The van der Waals surface area contributed by atoms with Crippen molar-refractivity contribution in [3.05, 3.63) is 23.3 Å². The molecule has 3 heteroatoms. The summed E-state index contributed by atoms with van der Waals surface area (Å²) in [6, 6.07) is 1.10. The molecule has 4 rings (SSSR count). The van der Waals surface area contributed by atoms with E-state index >= 15 is 0 Å². The van der Waals surface area contributed by atoms with Crippen molar-refractivity contribution in [2.75, 3.05) is 34.8 Å². The molecule has 4 aliphatic rings. The first-order valence-electron chi connectivity index (χ1n) is 12.8. The lowest BCUT2D eigenvalue weighted by molar-refractivity contribution is -0.0247. The summed E-state index contributed by atoms with van der Waals surface area (Å²) >= 11 is 0. The minimum absolute atomic E-state index is 0.0382. The van der Waals surface area contributed by atoms with Gasteiger partial charge in [-0.15, -0.1) is 0 Å². The summed E-state index contributed by atoms with van der Waals surface area (Å²) < 4.78 is 0. The Morgan fingerprint density at radius 3 is 2.29 bits per heavy atom. The maximum absolute atomic E-state index is 10.6. The molecule has 3 nitrogen and oxygen atoms in total. The van der Waals surface area contributed by atoms with Gasteiger partial charge in [-0.05, 0) is 114 Å². The lowest BCUT2D eigenvalue weighted by Crippen LogP contribution is -2.52. The molecule has 0 aliphatic heterocycles. The van der Waals surface area contributed by atoms with Crippen molar-refractivity contribution < 1.29 is 5.11 Å². The third-order valence-corrected chi connectivity index (χ3v) is 11.2. The normalized spacial score (nSPS) is 46.0. The van der Waals surface area contributed by atoms with Crippen molar-refractivity contribution >= 4 is 0 Å². The van der Waals surface area contributed by atoms with Crippen LogP contribution in [-0.2, 0) is 0 Å².